The van der Waals surface area contributed by atoms with Crippen molar-refractivity contribution in [3.8, 4) is 0 Å². The lowest BCUT2D eigenvalue weighted by atomic mass is 9.95. The van der Waals surface area contributed by atoms with Gasteiger partial charge in [0.25, 0.3) is 0 Å². The van der Waals surface area contributed by atoms with Gasteiger partial charge >= 0.3 is 0 Å². The van der Waals surface area contributed by atoms with Gasteiger partial charge in [0.1, 0.15) is 0 Å². The summed E-state index contributed by atoms with van der Waals surface area (Å²) in [6.45, 7) is 6.13. The van der Waals surface area contributed by atoms with Gasteiger partial charge in [0.15, 0.2) is 5.78 Å². The second-order valence-corrected chi connectivity index (χ2v) is 5.81. The first-order valence-corrected chi connectivity index (χ1v) is 7.13. The van der Waals surface area contributed by atoms with Gasteiger partial charge in [-0.25, -0.2) is 0 Å². The third-order valence-electron chi connectivity index (χ3n) is 3.41. The standard InChI is InChI=1S/C17H17BrO/c1-11-7-8-14(16(18)9-11)17(19)10-15-12(2)5-4-6-13(15)3/h4-9H,10H2,1-3H3. The molecule has 0 saturated carbocycles. The van der Waals surface area contributed by atoms with E-state index in [1.54, 1.807) is 0 Å². The first-order valence-electron chi connectivity index (χ1n) is 6.33. The number of Topliss-reactive ketones (excluding diaryl/α,β-unsaturated/α-hetero) is 1. The zero-order chi connectivity index (χ0) is 14.0. The SMILES string of the molecule is Cc1ccc(C(=O)Cc2c(C)cccc2C)c(Br)c1. The van der Waals surface area contributed by atoms with E-state index in [-0.39, 0.29) is 5.78 Å². The van der Waals surface area contributed by atoms with Gasteiger partial charge in [-0.05, 0) is 55.2 Å². The van der Waals surface area contributed by atoms with Crippen molar-refractivity contribution in [2.45, 2.75) is 27.2 Å². The van der Waals surface area contributed by atoms with E-state index >= 15 is 0 Å². The van der Waals surface area contributed by atoms with Crippen LogP contribution in [0.25, 0.3) is 0 Å². The molecule has 2 aromatic rings. The van der Waals surface area contributed by atoms with Gasteiger partial charge in [-0.1, -0.05) is 40.2 Å². The van der Waals surface area contributed by atoms with Crippen LogP contribution in [0.4, 0.5) is 0 Å². The van der Waals surface area contributed by atoms with Crippen LogP contribution in [0.5, 0.6) is 0 Å². The minimum absolute atomic E-state index is 0.157. The molecule has 0 fully saturated rings. The molecule has 0 N–H and O–H groups in total. The lowest BCUT2D eigenvalue weighted by Crippen LogP contribution is -2.07. The molecule has 0 aromatic heterocycles. The Hall–Kier alpha value is -1.41. The molecule has 0 aliphatic carbocycles. The molecule has 2 aromatic carbocycles. The second kappa shape index (κ2) is 5.70. The highest BCUT2D eigenvalue weighted by molar-refractivity contribution is 9.10. The van der Waals surface area contributed by atoms with Gasteiger partial charge < -0.3 is 0 Å². The smallest absolute Gasteiger partial charge is 0.168 e. The number of ketones is 1. The first kappa shape index (κ1) is 14.0. The molecule has 0 saturated heterocycles. The van der Waals surface area contributed by atoms with Gasteiger partial charge in [0.2, 0.25) is 0 Å². The van der Waals surface area contributed by atoms with E-state index in [4.69, 9.17) is 0 Å². The number of halogens is 1. The number of carbonyl (C=O) groups is 1. The Morgan fingerprint density at radius 2 is 1.68 bits per heavy atom. The Kier molecular flexibility index (Phi) is 4.20. The molecular weight excluding hydrogens is 300 g/mol. The number of aryl methyl sites for hydroxylation is 3. The molecule has 0 spiro atoms. The van der Waals surface area contributed by atoms with Crippen LogP contribution in [0.2, 0.25) is 0 Å². The molecule has 0 atom stereocenters. The molecule has 0 amide bonds. The number of rotatable bonds is 3. The lowest BCUT2D eigenvalue weighted by Gasteiger charge is -2.10. The number of hydrogen-bond acceptors (Lipinski definition) is 1. The van der Waals surface area contributed by atoms with Gasteiger partial charge in [0.05, 0.1) is 0 Å². The summed E-state index contributed by atoms with van der Waals surface area (Å²) in [6.07, 6.45) is 0.458. The van der Waals surface area contributed by atoms with Gasteiger partial charge in [-0.15, -0.1) is 0 Å². The van der Waals surface area contributed by atoms with Crippen molar-refractivity contribution in [2.75, 3.05) is 0 Å². The maximum atomic E-state index is 12.4. The summed E-state index contributed by atoms with van der Waals surface area (Å²) in [5.41, 5.74) is 5.40. The maximum Gasteiger partial charge on any atom is 0.168 e. The highest BCUT2D eigenvalue weighted by Gasteiger charge is 2.13. The predicted molar refractivity (Wildman–Crippen MR) is 82.8 cm³/mol. The average Bonchev–Trinajstić information content (AvgIpc) is 2.33. The average molecular weight is 317 g/mol. The highest BCUT2D eigenvalue weighted by atomic mass is 79.9. The molecule has 2 rings (SSSR count). The summed E-state index contributed by atoms with van der Waals surface area (Å²) in [7, 11) is 0. The van der Waals surface area contributed by atoms with Crippen LogP contribution in [-0.2, 0) is 6.42 Å². The molecule has 0 aliphatic rings. The Bertz CT molecular complexity index is 609. The summed E-state index contributed by atoms with van der Waals surface area (Å²) in [6, 6.07) is 12.0. The van der Waals surface area contributed by atoms with E-state index in [0.29, 0.717) is 6.42 Å². The van der Waals surface area contributed by atoms with Crippen LogP contribution in [-0.4, -0.2) is 5.78 Å². The summed E-state index contributed by atoms with van der Waals surface area (Å²) in [5, 5.41) is 0. The molecule has 0 unspecified atom stereocenters. The van der Waals surface area contributed by atoms with Crippen LogP contribution >= 0.6 is 15.9 Å². The summed E-state index contributed by atoms with van der Waals surface area (Å²) >= 11 is 3.48. The van der Waals surface area contributed by atoms with E-state index in [1.165, 1.54) is 11.1 Å². The molecule has 19 heavy (non-hydrogen) atoms. The van der Waals surface area contributed by atoms with E-state index < -0.39 is 0 Å². The Labute approximate surface area is 122 Å². The van der Waals surface area contributed by atoms with Crippen LogP contribution in [0, 0.1) is 20.8 Å². The molecule has 2 heteroatoms. The normalized spacial score (nSPS) is 10.5. The van der Waals surface area contributed by atoms with Crippen molar-refractivity contribution in [3.05, 3.63) is 68.7 Å². The Morgan fingerprint density at radius 1 is 1.05 bits per heavy atom. The minimum Gasteiger partial charge on any atom is -0.294 e. The van der Waals surface area contributed by atoms with Gasteiger partial charge in [-0.3, -0.25) is 4.79 Å². The molecule has 0 bridgehead atoms. The van der Waals surface area contributed by atoms with Crippen LogP contribution in [0.15, 0.2) is 40.9 Å². The molecule has 0 aliphatic heterocycles. The van der Waals surface area contributed by atoms with Gasteiger partial charge in [-0.2, -0.15) is 0 Å². The fraction of sp³-hybridized carbons (Fsp3) is 0.235. The fourth-order valence-corrected chi connectivity index (χ4v) is 2.94. The van der Waals surface area contributed by atoms with Crippen molar-refractivity contribution in [1.29, 1.82) is 0 Å². The van der Waals surface area contributed by atoms with E-state index in [9.17, 15) is 4.79 Å². The van der Waals surface area contributed by atoms with Crippen LogP contribution in [0.3, 0.4) is 0 Å². The van der Waals surface area contributed by atoms with E-state index in [1.807, 2.05) is 31.2 Å². The summed E-state index contributed by atoms with van der Waals surface area (Å²) in [5.74, 6) is 0.157. The lowest BCUT2D eigenvalue weighted by molar-refractivity contribution is 0.0992. The fourth-order valence-electron chi connectivity index (χ4n) is 2.23. The van der Waals surface area contributed by atoms with E-state index in [2.05, 4.69) is 41.9 Å². The van der Waals surface area contributed by atoms with E-state index in [0.717, 1.165) is 21.2 Å². The quantitative estimate of drug-likeness (QED) is 0.743. The van der Waals surface area contributed by atoms with Crippen molar-refractivity contribution < 1.29 is 4.79 Å². The molecule has 98 valence electrons. The van der Waals surface area contributed by atoms with Crippen molar-refractivity contribution in [1.82, 2.24) is 0 Å². The summed E-state index contributed by atoms with van der Waals surface area (Å²) in [4.78, 5) is 12.4. The second-order valence-electron chi connectivity index (χ2n) is 4.95. The number of hydrogen-bond donors (Lipinski definition) is 0. The molecule has 0 radical (unpaired) electrons. The van der Waals surface area contributed by atoms with Crippen molar-refractivity contribution >= 4 is 21.7 Å². The Morgan fingerprint density at radius 3 is 2.26 bits per heavy atom. The topological polar surface area (TPSA) is 17.1 Å². The predicted octanol–water partition coefficient (Wildman–Crippen LogP) is 4.80. The highest BCUT2D eigenvalue weighted by Crippen LogP contribution is 2.22. The van der Waals surface area contributed by atoms with Crippen molar-refractivity contribution in [2.24, 2.45) is 0 Å². The number of benzene rings is 2. The van der Waals surface area contributed by atoms with Gasteiger partial charge in [0, 0.05) is 16.5 Å². The summed E-state index contributed by atoms with van der Waals surface area (Å²) < 4.78 is 0.878. The molecular formula is C17H17BrO. The van der Waals surface area contributed by atoms with Crippen molar-refractivity contribution in [3.63, 3.8) is 0 Å². The monoisotopic (exact) mass is 316 g/mol. The van der Waals surface area contributed by atoms with Crippen LogP contribution < -0.4 is 0 Å². The molecule has 1 nitrogen and oxygen atoms in total. The molecule has 0 heterocycles. The third-order valence-corrected chi connectivity index (χ3v) is 4.06. The maximum absolute atomic E-state index is 12.4. The zero-order valence-electron chi connectivity index (χ0n) is 11.5. The number of carbonyl (C=O) groups excluding carboxylic acids is 1. The Balaban J connectivity index is 2.31. The van der Waals surface area contributed by atoms with Crippen LogP contribution in [0.1, 0.15) is 32.6 Å². The first-order chi connectivity index (χ1) is 8.99. The zero-order valence-corrected chi connectivity index (χ0v) is 13.0. The largest absolute Gasteiger partial charge is 0.294 e. The minimum atomic E-state index is 0.157. The third kappa shape index (κ3) is 3.13.